The lowest BCUT2D eigenvalue weighted by Gasteiger charge is -2.47. The van der Waals surface area contributed by atoms with Crippen LogP contribution in [0.25, 0.3) is 0 Å². The standard InChI is InChI=1S/C54H74I4O19/c1-26(2)47(59)69-25-54(46(75-52(64)31(11)12)43(72-49(61)28(5)6)39(76-54)24-66-16-18-68-41-33(14)20-35(56)22-37(41)58)77-53-45(74-51(63)30(9)10)44(73-50(62)29(7)8)42(71-48(60)27(3)4)38(70-53)23-65-15-17-67-40-32(13)19-34(55)21-36(40)57/h19-22,26-31,38-39,42-46,53H,15-18,23-25H2,1-14H3/t38-,39-,42-,43-,44+,45-,46+,53-,54+/m1/s1. The van der Waals surface area contributed by atoms with Gasteiger partial charge in [0.1, 0.15) is 43.5 Å². The molecule has 432 valence electrons. The molecule has 2 fully saturated rings. The van der Waals surface area contributed by atoms with Crippen LogP contribution in [-0.4, -0.2) is 137 Å². The molecule has 2 aliphatic rings. The highest BCUT2D eigenvalue weighted by molar-refractivity contribution is 14.1. The molecule has 2 aromatic carbocycles. The van der Waals surface area contributed by atoms with Gasteiger partial charge in [0.2, 0.25) is 12.1 Å². The number of aryl methyl sites for hydroxylation is 2. The summed E-state index contributed by atoms with van der Waals surface area (Å²) in [7, 11) is 0. The fraction of sp³-hybridized carbons (Fsp3) is 0.667. The van der Waals surface area contributed by atoms with Crippen LogP contribution in [0.3, 0.4) is 0 Å². The average molecular weight is 1530 g/mol. The molecule has 2 aromatic rings. The Balaban J connectivity index is 1.90. The van der Waals surface area contributed by atoms with E-state index in [0.717, 1.165) is 25.4 Å². The van der Waals surface area contributed by atoms with E-state index in [2.05, 4.69) is 90.4 Å². The molecule has 0 spiro atoms. The fourth-order valence-corrected chi connectivity index (χ4v) is 12.0. The second-order valence-electron chi connectivity index (χ2n) is 20.5. The van der Waals surface area contributed by atoms with Crippen LogP contribution in [0.5, 0.6) is 11.5 Å². The minimum Gasteiger partial charge on any atom is -0.490 e. The van der Waals surface area contributed by atoms with Gasteiger partial charge < -0.3 is 61.6 Å². The van der Waals surface area contributed by atoms with E-state index in [-0.39, 0.29) is 39.6 Å². The molecule has 77 heavy (non-hydrogen) atoms. The third-order valence-corrected chi connectivity index (χ3v) is 14.6. The summed E-state index contributed by atoms with van der Waals surface area (Å²) in [5, 5.41) is 0. The third-order valence-electron chi connectivity index (χ3n) is 11.8. The lowest BCUT2D eigenvalue weighted by Crippen LogP contribution is -2.66. The quantitative estimate of drug-likeness (QED) is 0.0352. The molecule has 4 rings (SSSR count). The lowest BCUT2D eigenvalue weighted by atomic mass is 9.97. The van der Waals surface area contributed by atoms with Gasteiger partial charge in [0.15, 0.2) is 30.5 Å². The molecule has 19 nitrogen and oxygen atoms in total. The smallest absolute Gasteiger partial charge is 0.308 e. The predicted octanol–water partition coefficient (Wildman–Crippen LogP) is 9.09. The Kier molecular flexibility index (Phi) is 27.1. The van der Waals surface area contributed by atoms with E-state index < -0.39 is 133 Å². The molecule has 0 aromatic heterocycles. The summed E-state index contributed by atoms with van der Waals surface area (Å²) in [6.45, 7) is 21.7. The third kappa shape index (κ3) is 19.4. The van der Waals surface area contributed by atoms with Gasteiger partial charge in [-0.1, -0.05) is 83.1 Å². The highest BCUT2D eigenvalue weighted by atomic mass is 127. The largest absolute Gasteiger partial charge is 0.490 e. The van der Waals surface area contributed by atoms with Gasteiger partial charge in [-0.2, -0.15) is 0 Å². The van der Waals surface area contributed by atoms with Gasteiger partial charge in [-0.05, 0) is 140 Å². The van der Waals surface area contributed by atoms with E-state index in [0.29, 0.717) is 11.5 Å². The minimum absolute atomic E-state index is 0.00742. The van der Waals surface area contributed by atoms with Gasteiger partial charge in [-0.3, -0.25) is 28.8 Å². The molecule has 0 N–H and O–H groups in total. The van der Waals surface area contributed by atoms with Crippen molar-refractivity contribution < 1.29 is 90.3 Å². The Morgan fingerprint density at radius 3 is 1.31 bits per heavy atom. The van der Waals surface area contributed by atoms with Crippen molar-refractivity contribution in [3.05, 3.63) is 49.7 Å². The normalized spacial score (nSPS) is 23.4. The second-order valence-corrected chi connectivity index (χ2v) is 25.4. The van der Waals surface area contributed by atoms with Crippen molar-refractivity contribution in [2.75, 3.05) is 46.2 Å². The van der Waals surface area contributed by atoms with Crippen molar-refractivity contribution in [3.8, 4) is 11.5 Å². The number of esters is 6. The van der Waals surface area contributed by atoms with Crippen LogP contribution in [0.1, 0.15) is 94.2 Å². The summed E-state index contributed by atoms with van der Waals surface area (Å²) in [6.07, 6.45) is -12.7. The molecule has 2 aliphatic heterocycles. The lowest BCUT2D eigenvalue weighted by molar-refractivity contribution is -0.385. The summed E-state index contributed by atoms with van der Waals surface area (Å²) < 4.78 is 85.6. The number of carbonyl (C=O) groups excluding carboxylic acids is 6. The maximum atomic E-state index is 13.9. The van der Waals surface area contributed by atoms with Crippen LogP contribution in [0.2, 0.25) is 0 Å². The first kappa shape index (κ1) is 67.1. The van der Waals surface area contributed by atoms with Crippen molar-refractivity contribution in [2.45, 2.75) is 152 Å². The first-order chi connectivity index (χ1) is 36.1. The second kappa shape index (κ2) is 31.1. The van der Waals surface area contributed by atoms with E-state index in [1.54, 1.807) is 83.1 Å². The predicted molar refractivity (Wildman–Crippen MR) is 313 cm³/mol. The van der Waals surface area contributed by atoms with Crippen LogP contribution in [0, 0.1) is 63.6 Å². The van der Waals surface area contributed by atoms with E-state index in [1.807, 2.05) is 38.1 Å². The van der Waals surface area contributed by atoms with Crippen LogP contribution < -0.4 is 9.47 Å². The average Bonchev–Trinajstić information content (AvgIpc) is 3.60. The Hall–Kier alpha value is -2.42. The molecular formula is C54H74I4O19. The molecule has 0 bridgehead atoms. The summed E-state index contributed by atoms with van der Waals surface area (Å²) in [5.41, 5.74) is 1.84. The van der Waals surface area contributed by atoms with E-state index in [9.17, 15) is 28.8 Å². The van der Waals surface area contributed by atoms with Crippen LogP contribution >= 0.6 is 90.4 Å². The molecule has 0 amide bonds. The molecule has 0 aliphatic carbocycles. The summed E-state index contributed by atoms with van der Waals surface area (Å²) in [5.74, 6) is -9.99. The molecule has 23 heteroatoms. The topological polar surface area (TPSA) is 222 Å². The summed E-state index contributed by atoms with van der Waals surface area (Å²) in [4.78, 5) is 82.5. The van der Waals surface area contributed by atoms with Gasteiger partial charge in [-0.15, -0.1) is 0 Å². The van der Waals surface area contributed by atoms with Crippen molar-refractivity contribution >= 4 is 126 Å². The maximum Gasteiger partial charge on any atom is 0.308 e. The molecule has 2 heterocycles. The van der Waals surface area contributed by atoms with Gasteiger partial charge in [0.05, 0.1) is 69.1 Å². The summed E-state index contributed by atoms with van der Waals surface area (Å²) >= 11 is 8.86. The number of carbonyl (C=O) groups is 6. The zero-order chi connectivity index (χ0) is 57.6. The van der Waals surface area contributed by atoms with Crippen molar-refractivity contribution in [2.24, 2.45) is 35.5 Å². The van der Waals surface area contributed by atoms with Crippen molar-refractivity contribution in [1.29, 1.82) is 0 Å². The number of halogens is 4. The van der Waals surface area contributed by atoms with Gasteiger partial charge in [0, 0.05) is 7.14 Å². The van der Waals surface area contributed by atoms with E-state index >= 15 is 0 Å². The highest BCUT2D eigenvalue weighted by Gasteiger charge is 2.65. The molecular weight excluding hydrogens is 1460 g/mol. The van der Waals surface area contributed by atoms with Gasteiger partial charge in [-0.25, -0.2) is 0 Å². The van der Waals surface area contributed by atoms with Crippen LogP contribution in [0.15, 0.2) is 24.3 Å². The number of hydrogen-bond donors (Lipinski definition) is 0. The zero-order valence-corrected chi connectivity index (χ0v) is 54.7. The van der Waals surface area contributed by atoms with Crippen LogP contribution in [-0.2, 0) is 80.9 Å². The van der Waals surface area contributed by atoms with Gasteiger partial charge >= 0.3 is 35.8 Å². The van der Waals surface area contributed by atoms with Crippen molar-refractivity contribution in [3.63, 3.8) is 0 Å². The van der Waals surface area contributed by atoms with Gasteiger partial charge in [0.25, 0.3) is 0 Å². The molecule has 0 unspecified atom stereocenters. The minimum atomic E-state index is -2.47. The monoisotopic (exact) mass is 1530 g/mol. The molecule has 2 saturated heterocycles. The summed E-state index contributed by atoms with van der Waals surface area (Å²) in [6, 6.07) is 7.93. The first-order valence-electron chi connectivity index (χ1n) is 25.6. The van der Waals surface area contributed by atoms with Crippen LogP contribution in [0.4, 0.5) is 0 Å². The molecule has 9 atom stereocenters. The molecule has 0 saturated carbocycles. The van der Waals surface area contributed by atoms with Crippen molar-refractivity contribution in [1.82, 2.24) is 0 Å². The SMILES string of the molecule is Cc1cc(I)cc(I)c1OCCOC[C@H]1O[C@@](COC(=O)C(C)C)(O[C@H]2O[C@H](COCCOc3c(C)cc(I)cc3I)[C@@H](OC(=O)C(C)C)[C@H](OC(=O)C(C)C)[C@H]2OC(=O)C(C)C)[C@@H](OC(=O)C(C)C)[C@@H]1OC(=O)C(C)C. The number of hydrogen-bond acceptors (Lipinski definition) is 19. The Morgan fingerprint density at radius 2 is 0.883 bits per heavy atom. The fourth-order valence-electron chi connectivity index (χ4n) is 7.44. The number of benzene rings is 2. The maximum absolute atomic E-state index is 13.9. The number of ether oxygens (including phenoxy) is 13. The highest BCUT2D eigenvalue weighted by Crippen LogP contribution is 2.43. The first-order valence-corrected chi connectivity index (χ1v) is 29.9. The molecule has 0 radical (unpaired) electrons. The van der Waals surface area contributed by atoms with E-state index in [1.165, 1.54) is 0 Å². The Bertz CT molecular complexity index is 2300. The van der Waals surface area contributed by atoms with E-state index in [4.69, 9.17) is 61.6 Å². The Morgan fingerprint density at radius 1 is 0.494 bits per heavy atom. The Labute approximate surface area is 506 Å². The number of rotatable bonds is 27. The zero-order valence-electron chi connectivity index (χ0n) is 46.1.